The van der Waals surface area contributed by atoms with Gasteiger partial charge in [-0.2, -0.15) is 15.4 Å². The molecule has 5 heteroatoms. The number of hydrogen-bond donors (Lipinski definition) is 1. The molecule has 0 saturated carbocycles. The number of carbonyl (C=O) groups excluding carboxylic acids is 1. The summed E-state index contributed by atoms with van der Waals surface area (Å²) in [4.78, 5) is 13.5. The third-order valence-electron chi connectivity index (χ3n) is 2.78. The summed E-state index contributed by atoms with van der Waals surface area (Å²) in [5.41, 5.74) is 1.65. The van der Waals surface area contributed by atoms with Gasteiger partial charge in [-0.05, 0) is 18.4 Å². The zero-order chi connectivity index (χ0) is 12.8. The first kappa shape index (κ1) is 12.3. The molecule has 94 valence electrons. The number of hydrogen-bond acceptors (Lipinski definition) is 3. The molecule has 0 unspecified atom stereocenters. The van der Waals surface area contributed by atoms with Crippen molar-refractivity contribution in [2.75, 3.05) is 13.6 Å². The molecule has 0 atom stereocenters. The van der Waals surface area contributed by atoms with Gasteiger partial charge in [0.2, 0.25) is 0 Å². The average molecular weight is 244 g/mol. The van der Waals surface area contributed by atoms with Crippen LogP contribution in [0.25, 0.3) is 0 Å². The van der Waals surface area contributed by atoms with Crippen molar-refractivity contribution in [3.63, 3.8) is 0 Å². The van der Waals surface area contributed by atoms with Gasteiger partial charge in [0.05, 0.1) is 6.20 Å². The van der Waals surface area contributed by atoms with E-state index in [1.54, 1.807) is 11.9 Å². The van der Waals surface area contributed by atoms with E-state index in [0.29, 0.717) is 12.2 Å². The minimum Gasteiger partial charge on any atom is -0.340 e. The van der Waals surface area contributed by atoms with E-state index < -0.39 is 0 Å². The summed E-state index contributed by atoms with van der Waals surface area (Å²) >= 11 is 0. The minimum absolute atomic E-state index is 0.100. The van der Waals surface area contributed by atoms with Gasteiger partial charge in [0, 0.05) is 13.6 Å². The highest BCUT2D eigenvalue weighted by Crippen LogP contribution is 2.04. The number of rotatable bonds is 5. The number of nitrogens with one attached hydrogen (secondary N) is 1. The van der Waals surface area contributed by atoms with Crippen molar-refractivity contribution in [1.29, 1.82) is 0 Å². The fourth-order valence-electron chi connectivity index (χ4n) is 1.77. The molecule has 1 N–H and O–H groups in total. The van der Waals surface area contributed by atoms with Crippen molar-refractivity contribution in [2.45, 2.75) is 12.8 Å². The number of nitrogens with zero attached hydrogens (tertiary/aromatic N) is 3. The fourth-order valence-corrected chi connectivity index (χ4v) is 1.77. The zero-order valence-corrected chi connectivity index (χ0v) is 10.3. The third-order valence-corrected chi connectivity index (χ3v) is 2.78. The maximum Gasteiger partial charge on any atom is 0.275 e. The van der Waals surface area contributed by atoms with Crippen LogP contribution in [-0.4, -0.2) is 39.8 Å². The van der Waals surface area contributed by atoms with Crippen LogP contribution in [-0.2, 0) is 6.42 Å². The Labute approximate surface area is 106 Å². The van der Waals surface area contributed by atoms with Crippen LogP contribution in [0.4, 0.5) is 0 Å². The van der Waals surface area contributed by atoms with Crippen molar-refractivity contribution in [1.82, 2.24) is 20.3 Å². The van der Waals surface area contributed by atoms with Crippen LogP contribution in [0.3, 0.4) is 0 Å². The lowest BCUT2D eigenvalue weighted by atomic mass is 10.1. The molecule has 1 aromatic carbocycles. The van der Waals surface area contributed by atoms with Gasteiger partial charge in [-0.25, -0.2) is 0 Å². The molecule has 0 fully saturated rings. The molecule has 18 heavy (non-hydrogen) atoms. The first-order valence-electron chi connectivity index (χ1n) is 5.92. The van der Waals surface area contributed by atoms with E-state index in [4.69, 9.17) is 0 Å². The number of aromatic nitrogens is 3. The predicted molar refractivity (Wildman–Crippen MR) is 68.1 cm³/mol. The Morgan fingerprint density at radius 3 is 2.78 bits per heavy atom. The number of aryl methyl sites for hydroxylation is 1. The second-order valence-electron chi connectivity index (χ2n) is 4.17. The molecule has 0 aliphatic carbocycles. The Morgan fingerprint density at radius 1 is 1.33 bits per heavy atom. The van der Waals surface area contributed by atoms with Crippen LogP contribution in [0.15, 0.2) is 36.5 Å². The number of amides is 1. The zero-order valence-electron chi connectivity index (χ0n) is 10.3. The number of benzene rings is 1. The molecular weight excluding hydrogens is 228 g/mol. The summed E-state index contributed by atoms with van der Waals surface area (Å²) in [5.74, 6) is -0.100. The van der Waals surface area contributed by atoms with E-state index in [2.05, 4.69) is 27.5 Å². The van der Waals surface area contributed by atoms with Crippen LogP contribution in [0.2, 0.25) is 0 Å². The smallest absolute Gasteiger partial charge is 0.275 e. The van der Waals surface area contributed by atoms with Gasteiger partial charge in [-0.1, -0.05) is 30.3 Å². The Bertz CT molecular complexity index is 481. The van der Waals surface area contributed by atoms with Crippen molar-refractivity contribution in [2.24, 2.45) is 0 Å². The van der Waals surface area contributed by atoms with Gasteiger partial charge in [0.25, 0.3) is 5.91 Å². The second kappa shape index (κ2) is 5.95. The van der Waals surface area contributed by atoms with Crippen molar-refractivity contribution in [3.05, 3.63) is 47.8 Å². The van der Waals surface area contributed by atoms with Crippen molar-refractivity contribution < 1.29 is 4.79 Å². The van der Waals surface area contributed by atoms with Crippen molar-refractivity contribution in [3.8, 4) is 0 Å². The molecule has 0 aliphatic rings. The van der Waals surface area contributed by atoms with E-state index >= 15 is 0 Å². The van der Waals surface area contributed by atoms with E-state index in [0.717, 1.165) is 12.8 Å². The summed E-state index contributed by atoms with van der Waals surface area (Å²) in [6.07, 6.45) is 3.34. The summed E-state index contributed by atoms with van der Waals surface area (Å²) in [6.45, 7) is 0.709. The molecule has 0 saturated heterocycles. The van der Waals surface area contributed by atoms with Gasteiger partial charge in [-0.15, -0.1) is 0 Å². The van der Waals surface area contributed by atoms with Crippen LogP contribution in [0.5, 0.6) is 0 Å². The Balaban J connectivity index is 1.79. The van der Waals surface area contributed by atoms with E-state index in [1.807, 2.05) is 18.2 Å². The minimum atomic E-state index is -0.100. The van der Waals surface area contributed by atoms with E-state index in [-0.39, 0.29) is 5.91 Å². The molecule has 0 spiro atoms. The maximum absolute atomic E-state index is 11.9. The fraction of sp³-hybridized carbons (Fsp3) is 0.308. The van der Waals surface area contributed by atoms with Crippen LogP contribution in [0.1, 0.15) is 22.5 Å². The van der Waals surface area contributed by atoms with Gasteiger partial charge in [0.1, 0.15) is 0 Å². The van der Waals surface area contributed by atoms with E-state index in [9.17, 15) is 4.79 Å². The number of carbonyl (C=O) groups is 1. The highest BCUT2D eigenvalue weighted by Gasteiger charge is 2.13. The van der Waals surface area contributed by atoms with Gasteiger partial charge in [0.15, 0.2) is 5.69 Å². The molecular formula is C13H16N4O. The highest BCUT2D eigenvalue weighted by atomic mass is 16.2. The van der Waals surface area contributed by atoms with Crippen LogP contribution < -0.4 is 0 Å². The summed E-state index contributed by atoms with van der Waals surface area (Å²) in [5, 5.41) is 9.85. The average Bonchev–Trinajstić information content (AvgIpc) is 2.93. The summed E-state index contributed by atoms with van der Waals surface area (Å²) in [6, 6.07) is 10.3. The highest BCUT2D eigenvalue weighted by molar-refractivity contribution is 5.91. The quantitative estimate of drug-likeness (QED) is 0.867. The maximum atomic E-state index is 11.9. The van der Waals surface area contributed by atoms with Gasteiger partial charge < -0.3 is 4.90 Å². The monoisotopic (exact) mass is 244 g/mol. The lowest BCUT2D eigenvalue weighted by Gasteiger charge is -2.15. The predicted octanol–water partition coefficient (Wildman–Crippen LogP) is 1.51. The normalized spacial score (nSPS) is 10.3. The molecule has 5 nitrogen and oxygen atoms in total. The molecule has 0 bridgehead atoms. The van der Waals surface area contributed by atoms with Gasteiger partial charge >= 0.3 is 0 Å². The Morgan fingerprint density at radius 2 is 2.11 bits per heavy atom. The standard InChI is InChI=1S/C13H16N4O/c1-17(13(18)12-10-14-16-15-12)9-5-8-11-6-3-2-4-7-11/h2-4,6-7,10H,5,8-9H2,1H3,(H,14,15,16). The first-order valence-corrected chi connectivity index (χ1v) is 5.92. The molecule has 0 aliphatic heterocycles. The topological polar surface area (TPSA) is 61.9 Å². The van der Waals surface area contributed by atoms with Crippen LogP contribution in [0, 0.1) is 0 Å². The molecule has 2 rings (SSSR count). The Hall–Kier alpha value is -2.17. The van der Waals surface area contributed by atoms with Gasteiger partial charge in [-0.3, -0.25) is 4.79 Å². The number of aromatic amines is 1. The molecule has 0 radical (unpaired) electrons. The number of H-pyrrole nitrogens is 1. The molecule has 1 amide bonds. The van der Waals surface area contributed by atoms with E-state index in [1.165, 1.54) is 11.8 Å². The molecule has 2 aromatic rings. The van der Waals surface area contributed by atoms with Crippen molar-refractivity contribution >= 4 is 5.91 Å². The largest absolute Gasteiger partial charge is 0.340 e. The second-order valence-corrected chi connectivity index (χ2v) is 4.17. The molecule has 1 aromatic heterocycles. The van der Waals surface area contributed by atoms with Crippen LogP contribution >= 0.6 is 0 Å². The lowest BCUT2D eigenvalue weighted by molar-refractivity contribution is 0.0787. The third kappa shape index (κ3) is 3.16. The summed E-state index contributed by atoms with van der Waals surface area (Å²) < 4.78 is 0. The summed E-state index contributed by atoms with van der Waals surface area (Å²) in [7, 11) is 1.78. The SMILES string of the molecule is CN(CCCc1ccccc1)C(=O)c1cn[nH]n1. The first-order chi connectivity index (χ1) is 8.77. The Kier molecular flexibility index (Phi) is 4.06. The lowest BCUT2D eigenvalue weighted by Crippen LogP contribution is -2.28. The molecule has 1 heterocycles.